The van der Waals surface area contributed by atoms with Crippen LogP contribution in [0.25, 0.3) is 21.0 Å². The minimum absolute atomic E-state index is 0.0528. The van der Waals surface area contributed by atoms with E-state index in [0.717, 1.165) is 26.7 Å². The standard InChI is InChI=1S/C19H13Cl2N5O2S/c20-8-9-7-14(26-19(21)24-9)28-13-4-1-10-11(25-13)2-3-12-15(10)16-17(29-12)18(27)23-6-5-22-16/h1-4,7,22H,5-6,8H2,(H,23,27). The van der Waals surface area contributed by atoms with E-state index in [2.05, 4.69) is 25.6 Å². The average Bonchev–Trinajstić information content (AvgIpc) is 3.00. The van der Waals surface area contributed by atoms with Gasteiger partial charge in [-0.2, -0.15) is 4.98 Å². The lowest BCUT2D eigenvalue weighted by Crippen LogP contribution is -2.24. The first-order valence-corrected chi connectivity index (χ1v) is 10.5. The summed E-state index contributed by atoms with van der Waals surface area (Å²) in [5.41, 5.74) is 2.17. The van der Waals surface area contributed by atoms with Crippen LogP contribution in [0.4, 0.5) is 5.69 Å². The van der Waals surface area contributed by atoms with E-state index in [9.17, 15) is 4.79 Å². The number of carbonyl (C=O) groups is 1. The fraction of sp³-hybridized carbons (Fsp3) is 0.158. The number of alkyl halides is 1. The number of benzene rings is 1. The summed E-state index contributed by atoms with van der Waals surface area (Å²) in [5.74, 6) is 0.796. The normalized spacial score (nSPS) is 13.7. The minimum Gasteiger partial charge on any atom is -0.421 e. The highest BCUT2D eigenvalue weighted by Crippen LogP contribution is 2.41. The van der Waals surface area contributed by atoms with Gasteiger partial charge in [-0.05, 0) is 29.8 Å². The first kappa shape index (κ1) is 18.4. The number of hydrogen-bond donors (Lipinski definition) is 2. The van der Waals surface area contributed by atoms with Gasteiger partial charge in [0, 0.05) is 40.7 Å². The van der Waals surface area contributed by atoms with Crippen molar-refractivity contribution in [2.45, 2.75) is 5.88 Å². The minimum atomic E-state index is -0.0528. The van der Waals surface area contributed by atoms with E-state index < -0.39 is 0 Å². The van der Waals surface area contributed by atoms with Crippen molar-refractivity contribution >= 4 is 67.1 Å². The molecule has 146 valence electrons. The van der Waals surface area contributed by atoms with Gasteiger partial charge in [0.05, 0.1) is 22.8 Å². The van der Waals surface area contributed by atoms with Crippen molar-refractivity contribution in [2.24, 2.45) is 0 Å². The van der Waals surface area contributed by atoms with Crippen LogP contribution < -0.4 is 15.4 Å². The summed E-state index contributed by atoms with van der Waals surface area (Å²) in [7, 11) is 0. The Bertz CT molecular complexity index is 1280. The molecular formula is C19H13Cl2N5O2S. The lowest BCUT2D eigenvalue weighted by atomic mass is 10.1. The van der Waals surface area contributed by atoms with E-state index in [1.165, 1.54) is 11.3 Å². The van der Waals surface area contributed by atoms with Gasteiger partial charge in [-0.1, -0.05) is 0 Å². The molecule has 4 aromatic rings. The molecule has 1 aliphatic heterocycles. The topological polar surface area (TPSA) is 89.0 Å². The van der Waals surface area contributed by atoms with Gasteiger partial charge in [0.2, 0.25) is 17.0 Å². The van der Waals surface area contributed by atoms with Crippen LogP contribution in [-0.2, 0) is 5.88 Å². The largest absolute Gasteiger partial charge is 0.421 e. The SMILES string of the molecule is O=C1NCCNc2c1sc1ccc3nc(Oc4cc(CCl)nc(Cl)n4)ccc3c21. The number of nitrogens with zero attached hydrogens (tertiary/aromatic N) is 3. The van der Waals surface area contributed by atoms with Gasteiger partial charge in [0.1, 0.15) is 4.88 Å². The van der Waals surface area contributed by atoms with Crippen LogP contribution in [0.15, 0.2) is 30.3 Å². The van der Waals surface area contributed by atoms with Crippen molar-refractivity contribution in [3.05, 3.63) is 46.2 Å². The van der Waals surface area contributed by atoms with Crippen LogP contribution in [0.1, 0.15) is 15.4 Å². The number of nitrogens with one attached hydrogen (secondary N) is 2. The first-order chi connectivity index (χ1) is 14.1. The first-order valence-electron chi connectivity index (χ1n) is 8.78. The van der Waals surface area contributed by atoms with Gasteiger partial charge in [-0.15, -0.1) is 22.9 Å². The molecule has 0 saturated heterocycles. The Kier molecular flexibility index (Phi) is 4.61. The number of amides is 1. The molecule has 2 N–H and O–H groups in total. The molecule has 0 unspecified atom stereocenters. The third-order valence-corrected chi connectivity index (χ3v) is 6.09. The van der Waals surface area contributed by atoms with Crippen molar-refractivity contribution in [1.29, 1.82) is 0 Å². The van der Waals surface area contributed by atoms with Gasteiger partial charge in [0.15, 0.2) is 0 Å². The van der Waals surface area contributed by atoms with Gasteiger partial charge in [0.25, 0.3) is 5.91 Å². The van der Waals surface area contributed by atoms with Crippen LogP contribution in [0.3, 0.4) is 0 Å². The molecule has 4 heterocycles. The Morgan fingerprint density at radius 2 is 1.93 bits per heavy atom. The Morgan fingerprint density at radius 3 is 2.79 bits per heavy atom. The fourth-order valence-corrected chi connectivity index (χ4v) is 4.72. The number of anilines is 1. The third-order valence-electron chi connectivity index (χ3n) is 4.49. The maximum Gasteiger partial charge on any atom is 0.263 e. The molecule has 3 aromatic heterocycles. The highest BCUT2D eigenvalue weighted by atomic mass is 35.5. The lowest BCUT2D eigenvalue weighted by molar-refractivity contribution is 0.0962. The van der Waals surface area contributed by atoms with E-state index in [0.29, 0.717) is 29.5 Å². The number of halogens is 2. The highest BCUT2D eigenvalue weighted by Gasteiger charge is 2.22. The highest BCUT2D eigenvalue weighted by molar-refractivity contribution is 7.21. The number of ether oxygens (including phenoxy) is 1. The van der Waals surface area contributed by atoms with Crippen LogP contribution in [0.2, 0.25) is 5.28 Å². The molecule has 0 saturated carbocycles. The van der Waals surface area contributed by atoms with Crippen LogP contribution in [0, 0.1) is 0 Å². The van der Waals surface area contributed by atoms with Crippen LogP contribution >= 0.6 is 34.5 Å². The van der Waals surface area contributed by atoms with Crippen molar-refractivity contribution < 1.29 is 9.53 Å². The summed E-state index contributed by atoms with van der Waals surface area (Å²) >= 11 is 13.2. The summed E-state index contributed by atoms with van der Waals surface area (Å²) < 4.78 is 6.80. The predicted octanol–water partition coefficient (Wildman–Crippen LogP) is 4.58. The molecule has 1 aromatic carbocycles. The van der Waals surface area contributed by atoms with Crippen LogP contribution in [-0.4, -0.2) is 33.9 Å². The molecule has 7 nitrogen and oxygen atoms in total. The number of fused-ring (bicyclic) bond motifs is 5. The summed E-state index contributed by atoms with van der Waals surface area (Å²) in [6, 6.07) is 9.20. The maximum atomic E-state index is 12.3. The molecule has 1 amide bonds. The lowest BCUT2D eigenvalue weighted by Gasteiger charge is -2.08. The summed E-state index contributed by atoms with van der Waals surface area (Å²) in [5, 5.41) is 8.27. The molecule has 5 rings (SSSR count). The Hall–Kier alpha value is -2.68. The smallest absolute Gasteiger partial charge is 0.263 e. The van der Waals surface area contributed by atoms with Crippen molar-refractivity contribution in [3.8, 4) is 11.8 Å². The van der Waals surface area contributed by atoms with Gasteiger partial charge in [-0.25, -0.2) is 9.97 Å². The van der Waals surface area contributed by atoms with Gasteiger partial charge >= 0.3 is 0 Å². The quantitative estimate of drug-likeness (QED) is 0.354. The van der Waals surface area contributed by atoms with E-state index in [4.69, 9.17) is 27.9 Å². The monoisotopic (exact) mass is 445 g/mol. The van der Waals surface area contributed by atoms with Crippen LogP contribution in [0.5, 0.6) is 11.8 Å². The molecule has 10 heteroatoms. The second-order valence-electron chi connectivity index (χ2n) is 6.35. The van der Waals surface area contributed by atoms with E-state index in [1.807, 2.05) is 18.2 Å². The number of thiophene rings is 1. The molecule has 0 atom stereocenters. The maximum absolute atomic E-state index is 12.3. The Morgan fingerprint density at radius 1 is 1.07 bits per heavy atom. The number of hydrogen-bond acceptors (Lipinski definition) is 7. The molecular weight excluding hydrogens is 433 g/mol. The Labute approximate surface area is 179 Å². The second kappa shape index (κ2) is 7.29. The zero-order valence-corrected chi connectivity index (χ0v) is 17.2. The van der Waals surface area contributed by atoms with Gasteiger partial charge in [-0.3, -0.25) is 4.79 Å². The molecule has 1 aliphatic rings. The molecule has 29 heavy (non-hydrogen) atoms. The molecule has 0 fully saturated rings. The summed E-state index contributed by atoms with van der Waals surface area (Å²) in [6.07, 6.45) is 0. The molecule has 0 bridgehead atoms. The molecule has 0 radical (unpaired) electrons. The fourth-order valence-electron chi connectivity index (χ4n) is 3.28. The van der Waals surface area contributed by atoms with Crippen molar-refractivity contribution in [3.63, 3.8) is 0 Å². The number of aromatic nitrogens is 3. The zero-order valence-electron chi connectivity index (χ0n) is 14.8. The Balaban J connectivity index is 1.59. The number of carbonyl (C=O) groups excluding carboxylic acids is 1. The third kappa shape index (κ3) is 3.33. The van der Waals surface area contributed by atoms with E-state index >= 15 is 0 Å². The van der Waals surface area contributed by atoms with Crippen molar-refractivity contribution in [1.82, 2.24) is 20.3 Å². The zero-order chi connectivity index (χ0) is 20.0. The molecule has 0 aliphatic carbocycles. The molecule has 0 spiro atoms. The number of rotatable bonds is 3. The predicted molar refractivity (Wildman–Crippen MR) is 115 cm³/mol. The summed E-state index contributed by atoms with van der Waals surface area (Å²) in [4.78, 5) is 25.7. The second-order valence-corrected chi connectivity index (χ2v) is 8.00. The van der Waals surface area contributed by atoms with Gasteiger partial charge < -0.3 is 15.4 Å². The van der Waals surface area contributed by atoms with Crippen molar-refractivity contribution in [2.75, 3.05) is 18.4 Å². The van der Waals surface area contributed by atoms with E-state index in [-0.39, 0.29) is 23.0 Å². The summed E-state index contributed by atoms with van der Waals surface area (Å²) in [6.45, 7) is 1.27. The average molecular weight is 446 g/mol. The van der Waals surface area contributed by atoms with E-state index in [1.54, 1.807) is 12.1 Å². The number of pyridine rings is 1.